The predicted molar refractivity (Wildman–Crippen MR) is 85.2 cm³/mol. The van der Waals surface area contributed by atoms with Gasteiger partial charge in [-0.2, -0.15) is 0 Å². The van der Waals surface area contributed by atoms with E-state index in [4.69, 9.17) is 22.7 Å². The van der Waals surface area contributed by atoms with Gasteiger partial charge in [-0.05, 0) is 12.1 Å². The summed E-state index contributed by atoms with van der Waals surface area (Å²) in [6.45, 7) is 0.686. The van der Waals surface area contributed by atoms with Crippen LogP contribution in [0.25, 0.3) is 0 Å². The van der Waals surface area contributed by atoms with Crippen molar-refractivity contribution in [2.75, 3.05) is 19.1 Å². The summed E-state index contributed by atoms with van der Waals surface area (Å²) < 4.78 is 5.37. The maximum absolute atomic E-state index is 5.75. The van der Waals surface area contributed by atoms with Crippen LogP contribution in [0.2, 0.25) is 0 Å². The molecule has 0 unspecified atom stereocenters. The van der Waals surface area contributed by atoms with Crippen molar-refractivity contribution in [1.29, 1.82) is 0 Å². The zero-order chi connectivity index (χ0) is 14.5. The quantitative estimate of drug-likeness (QED) is 0.856. The molecule has 0 bridgehead atoms. The van der Waals surface area contributed by atoms with Crippen LogP contribution in [0.4, 0.5) is 5.69 Å². The second-order valence-corrected chi connectivity index (χ2v) is 4.86. The third kappa shape index (κ3) is 3.05. The number of aromatic nitrogens is 1. The standard InChI is InChI=1S/C15H17N3OS/c1-18(10-11-5-3-4-6-14(11)19-2)13-9-17-8-7-12(13)15(16)20/h3-9H,10H2,1-2H3,(H2,16,20). The minimum atomic E-state index is 0.370. The summed E-state index contributed by atoms with van der Waals surface area (Å²) in [6.07, 6.45) is 3.46. The van der Waals surface area contributed by atoms with E-state index in [1.165, 1.54) is 0 Å². The molecule has 2 aromatic rings. The zero-order valence-corrected chi connectivity index (χ0v) is 12.4. The molecule has 2 rings (SSSR count). The number of nitrogens with two attached hydrogens (primary N) is 1. The van der Waals surface area contributed by atoms with Crippen molar-refractivity contribution in [3.8, 4) is 5.75 Å². The van der Waals surface area contributed by atoms with E-state index in [2.05, 4.69) is 9.88 Å². The van der Waals surface area contributed by atoms with Gasteiger partial charge in [0.1, 0.15) is 10.7 Å². The van der Waals surface area contributed by atoms with E-state index in [1.807, 2.05) is 37.4 Å². The van der Waals surface area contributed by atoms with Crippen molar-refractivity contribution in [2.24, 2.45) is 5.73 Å². The molecule has 0 aliphatic rings. The third-order valence-electron chi connectivity index (χ3n) is 3.08. The molecule has 0 aliphatic heterocycles. The first-order valence-corrected chi connectivity index (χ1v) is 6.61. The Hall–Kier alpha value is -2.14. The van der Waals surface area contributed by atoms with Gasteiger partial charge in [0.15, 0.2) is 0 Å². The number of para-hydroxylation sites is 1. The maximum atomic E-state index is 5.75. The Morgan fingerprint density at radius 1 is 1.35 bits per heavy atom. The van der Waals surface area contributed by atoms with Crippen LogP contribution < -0.4 is 15.4 Å². The molecule has 4 nitrogen and oxygen atoms in total. The molecule has 0 radical (unpaired) electrons. The van der Waals surface area contributed by atoms with Gasteiger partial charge in [0.2, 0.25) is 0 Å². The van der Waals surface area contributed by atoms with Crippen LogP contribution in [0.1, 0.15) is 11.1 Å². The molecule has 1 aromatic heterocycles. The summed E-state index contributed by atoms with van der Waals surface area (Å²) in [5.74, 6) is 0.861. The molecule has 0 amide bonds. The molecule has 1 heterocycles. The Balaban J connectivity index is 2.29. The van der Waals surface area contributed by atoms with Gasteiger partial charge in [0, 0.05) is 30.9 Å². The summed E-state index contributed by atoms with van der Waals surface area (Å²) >= 11 is 5.08. The van der Waals surface area contributed by atoms with Gasteiger partial charge in [-0.3, -0.25) is 4.98 Å². The first-order valence-electron chi connectivity index (χ1n) is 6.20. The first-order chi connectivity index (χ1) is 9.63. The Morgan fingerprint density at radius 3 is 2.80 bits per heavy atom. The highest BCUT2D eigenvalue weighted by Gasteiger charge is 2.11. The fourth-order valence-electron chi connectivity index (χ4n) is 2.07. The summed E-state index contributed by atoms with van der Waals surface area (Å²) in [5, 5.41) is 0. The van der Waals surface area contributed by atoms with Gasteiger partial charge < -0.3 is 15.4 Å². The Morgan fingerprint density at radius 2 is 2.10 bits per heavy atom. The monoisotopic (exact) mass is 287 g/mol. The lowest BCUT2D eigenvalue weighted by Crippen LogP contribution is -2.22. The number of hydrogen-bond donors (Lipinski definition) is 1. The second-order valence-electron chi connectivity index (χ2n) is 4.42. The molecule has 2 N–H and O–H groups in total. The highest BCUT2D eigenvalue weighted by Crippen LogP contribution is 2.24. The van der Waals surface area contributed by atoms with Crippen molar-refractivity contribution in [1.82, 2.24) is 4.98 Å². The second kappa shape index (κ2) is 6.34. The molecule has 0 atom stereocenters. The van der Waals surface area contributed by atoms with Crippen molar-refractivity contribution in [3.05, 3.63) is 53.9 Å². The summed E-state index contributed by atoms with van der Waals surface area (Å²) in [4.78, 5) is 6.57. The van der Waals surface area contributed by atoms with Gasteiger partial charge in [0.25, 0.3) is 0 Å². The lowest BCUT2D eigenvalue weighted by atomic mass is 10.1. The number of ether oxygens (including phenoxy) is 1. The summed E-state index contributed by atoms with van der Waals surface area (Å²) in [7, 11) is 3.65. The van der Waals surface area contributed by atoms with Crippen molar-refractivity contribution in [3.63, 3.8) is 0 Å². The van der Waals surface area contributed by atoms with E-state index in [9.17, 15) is 0 Å². The van der Waals surface area contributed by atoms with Crippen molar-refractivity contribution in [2.45, 2.75) is 6.54 Å². The molecule has 0 fully saturated rings. The first kappa shape index (κ1) is 14.3. The van der Waals surface area contributed by atoms with Crippen LogP contribution in [-0.2, 0) is 6.54 Å². The van der Waals surface area contributed by atoms with Crippen LogP contribution in [-0.4, -0.2) is 24.1 Å². The lowest BCUT2D eigenvalue weighted by Gasteiger charge is -2.22. The van der Waals surface area contributed by atoms with E-state index < -0.39 is 0 Å². The number of thiocarbonyl (C=S) groups is 1. The maximum Gasteiger partial charge on any atom is 0.123 e. The van der Waals surface area contributed by atoms with E-state index in [-0.39, 0.29) is 0 Å². The smallest absolute Gasteiger partial charge is 0.123 e. The number of benzene rings is 1. The van der Waals surface area contributed by atoms with Gasteiger partial charge in [-0.25, -0.2) is 0 Å². The lowest BCUT2D eigenvalue weighted by molar-refractivity contribution is 0.409. The average molecular weight is 287 g/mol. The highest BCUT2D eigenvalue weighted by atomic mass is 32.1. The number of methoxy groups -OCH3 is 1. The fourth-order valence-corrected chi connectivity index (χ4v) is 2.25. The van der Waals surface area contributed by atoms with E-state index >= 15 is 0 Å². The largest absolute Gasteiger partial charge is 0.496 e. The topological polar surface area (TPSA) is 51.4 Å². The summed E-state index contributed by atoms with van der Waals surface area (Å²) in [6, 6.07) is 9.75. The molecule has 1 aromatic carbocycles. The fraction of sp³-hybridized carbons (Fsp3) is 0.200. The molecule has 5 heteroatoms. The van der Waals surface area contributed by atoms with Crippen LogP contribution in [0, 0.1) is 0 Å². The van der Waals surface area contributed by atoms with E-state index in [0.29, 0.717) is 11.5 Å². The number of pyridine rings is 1. The predicted octanol–water partition coefficient (Wildman–Crippen LogP) is 2.36. The minimum absolute atomic E-state index is 0.370. The van der Waals surface area contributed by atoms with Crippen LogP contribution in [0.15, 0.2) is 42.7 Å². The van der Waals surface area contributed by atoms with E-state index in [1.54, 1.807) is 19.5 Å². The number of nitrogens with zero attached hydrogens (tertiary/aromatic N) is 2. The van der Waals surface area contributed by atoms with Gasteiger partial charge in [-0.15, -0.1) is 0 Å². The molecule has 0 saturated carbocycles. The molecule has 104 valence electrons. The SMILES string of the molecule is COc1ccccc1CN(C)c1cnccc1C(N)=S. The highest BCUT2D eigenvalue weighted by molar-refractivity contribution is 7.80. The van der Waals surface area contributed by atoms with Crippen LogP contribution in [0.3, 0.4) is 0 Å². The summed E-state index contributed by atoms with van der Waals surface area (Å²) in [5.41, 5.74) is 8.58. The number of hydrogen-bond acceptors (Lipinski definition) is 4. The number of rotatable bonds is 5. The van der Waals surface area contributed by atoms with Crippen molar-refractivity contribution >= 4 is 22.9 Å². The van der Waals surface area contributed by atoms with Crippen LogP contribution >= 0.6 is 12.2 Å². The normalized spacial score (nSPS) is 10.1. The van der Waals surface area contributed by atoms with E-state index in [0.717, 1.165) is 22.6 Å². The molecule has 20 heavy (non-hydrogen) atoms. The Labute approximate surface area is 124 Å². The molecule has 0 aliphatic carbocycles. The van der Waals surface area contributed by atoms with Gasteiger partial charge in [0.05, 0.1) is 19.0 Å². The molecule has 0 saturated heterocycles. The zero-order valence-electron chi connectivity index (χ0n) is 11.5. The average Bonchev–Trinajstić information content (AvgIpc) is 2.47. The van der Waals surface area contributed by atoms with Gasteiger partial charge >= 0.3 is 0 Å². The molecular formula is C15H17N3OS. The Bertz CT molecular complexity index is 616. The van der Waals surface area contributed by atoms with Gasteiger partial charge in [-0.1, -0.05) is 30.4 Å². The van der Waals surface area contributed by atoms with Crippen LogP contribution in [0.5, 0.6) is 5.75 Å². The Kier molecular flexibility index (Phi) is 4.53. The molecule has 0 spiro atoms. The van der Waals surface area contributed by atoms with Crippen molar-refractivity contribution < 1.29 is 4.74 Å². The third-order valence-corrected chi connectivity index (χ3v) is 3.30. The number of anilines is 1. The molecular weight excluding hydrogens is 270 g/mol. The minimum Gasteiger partial charge on any atom is -0.496 e.